The van der Waals surface area contributed by atoms with Gasteiger partial charge in [-0.1, -0.05) is 30.7 Å². The van der Waals surface area contributed by atoms with Crippen molar-refractivity contribution in [1.29, 1.82) is 0 Å². The molecule has 3 N–H and O–H groups in total. The second-order valence-electron chi connectivity index (χ2n) is 11.7. The Morgan fingerprint density at radius 2 is 1.95 bits per heavy atom. The number of carbonyl (C=O) groups is 1. The standard InChI is InChI=1S/C32H35N7O2/c1-32(13-14-32)38-29(40)20-41-26-7-2-4-22(16-26)30-36-28-12-15-39(25-5-3-6-25)19-27(28)31(37-30)35-24-10-8-21(9-11-24)23-17-33-34-18-23/h2,4,7-11,16-18,25H,3,5-6,12-15,19-20H2,1H3,(H,33,34)(H,38,40)(H,35,36,37). The molecular formula is C32H35N7O2. The highest BCUT2D eigenvalue weighted by molar-refractivity contribution is 5.79. The Balaban J connectivity index is 1.15. The average molecular weight is 550 g/mol. The van der Waals surface area contributed by atoms with Crippen LogP contribution in [0.1, 0.15) is 50.3 Å². The van der Waals surface area contributed by atoms with E-state index in [1.54, 1.807) is 0 Å². The Kier molecular flexibility index (Phi) is 6.66. The predicted octanol–water partition coefficient (Wildman–Crippen LogP) is 5.24. The van der Waals surface area contributed by atoms with Crippen LogP contribution in [0.5, 0.6) is 5.75 Å². The number of amides is 1. The van der Waals surface area contributed by atoms with Gasteiger partial charge in [-0.05, 0) is 62.4 Å². The van der Waals surface area contributed by atoms with Crippen molar-refractivity contribution in [2.24, 2.45) is 0 Å². The molecule has 210 valence electrons. The number of nitrogens with one attached hydrogen (secondary N) is 3. The number of benzene rings is 2. The highest BCUT2D eigenvalue weighted by Gasteiger charge is 2.38. The van der Waals surface area contributed by atoms with E-state index in [9.17, 15) is 4.79 Å². The summed E-state index contributed by atoms with van der Waals surface area (Å²) in [5, 5.41) is 13.6. The lowest BCUT2D eigenvalue weighted by molar-refractivity contribution is -0.123. The van der Waals surface area contributed by atoms with Gasteiger partial charge in [-0.15, -0.1) is 0 Å². The molecule has 2 aromatic heterocycles. The molecule has 9 heteroatoms. The minimum absolute atomic E-state index is 0.0112. The molecule has 2 aliphatic carbocycles. The number of rotatable bonds is 9. The first-order chi connectivity index (χ1) is 20.0. The SMILES string of the molecule is CC1(NC(=O)COc2cccc(-c3nc4c(c(Nc5ccc(-c6cn[nH]c6)cc5)n3)CN(C3CCC3)CC4)c2)CC1. The van der Waals surface area contributed by atoms with Crippen LogP contribution < -0.4 is 15.4 Å². The lowest BCUT2D eigenvalue weighted by Crippen LogP contribution is -2.43. The molecule has 7 rings (SSSR count). The van der Waals surface area contributed by atoms with Gasteiger partial charge >= 0.3 is 0 Å². The second-order valence-corrected chi connectivity index (χ2v) is 11.7. The molecule has 0 radical (unpaired) electrons. The van der Waals surface area contributed by atoms with E-state index in [0.717, 1.165) is 66.2 Å². The molecule has 41 heavy (non-hydrogen) atoms. The molecule has 0 unspecified atom stereocenters. The van der Waals surface area contributed by atoms with E-state index in [0.29, 0.717) is 17.6 Å². The molecular weight excluding hydrogens is 514 g/mol. The van der Waals surface area contributed by atoms with Crippen LogP contribution in [0.2, 0.25) is 0 Å². The van der Waals surface area contributed by atoms with E-state index in [2.05, 4.69) is 56.9 Å². The largest absolute Gasteiger partial charge is 0.484 e. The zero-order valence-corrected chi connectivity index (χ0v) is 23.3. The van der Waals surface area contributed by atoms with Gasteiger partial charge in [0.1, 0.15) is 11.6 Å². The molecule has 0 saturated heterocycles. The fourth-order valence-corrected chi connectivity index (χ4v) is 5.58. The summed E-state index contributed by atoms with van der Waals surface area (Å²) in [5.74, 6) is 2.02. The number of hydrogen-bond acceptors (Lipinski definition) is 7. The summed E-state index contributed by atoms with van der Waals surface area (Å²) in [4.78, 5) is 25.0. The highest BCUT2D eigenvalue weighted by atomic mass is 16.5. The fourth-order valence-electron chi connectivity index (χ4n) is 5.58. The van der Waals surface area contributed by atoms with Gasteiger partial charge in [0.05, 0.1) is 11.9 Å². The van der Waals surface area contributed by atoms with Crippen molar-refractivity contribution >= 4 is 17.4 Å². The maximum Gasteiger partial charge on any atom is 0.258 e. The lowest BCUT2D eigenvalue weighted by Gasteiger charge is -2.40. The van der Waals surface area contributed by atoms with Crippen LogP contribution in [0.15, 0.2) is 60.9 Å². The van der Waals surface area contributed by atoms with Crippen LogP contribution in [0.25, 0.3) is 22.5 Å². The summed E-state index contributed by atoms with van der Waals surface area (Å²) in [6.45, 7) is 3.92. The number of aromatic nitrogens is 4. The van der Waals surface area contributed by atoms with Crippen LogP contribution in [0, 0.1) is 0 Å². The molecule has 2 fully saturated rings. The van der Waals surface area contributed by atoms with Crippen molar-refractivity contribution in [3.63, 3.8) is 0 Å². The van der Waals surface area contributed by atoms with Gasteiger partial charge < -0.3 is 15.4 Å². The topological polar surface area (TPSA) is 108 Å². The maximum atomic E-state index is 12.3. The predicted molar refractivity (Wildman–Crippen MR) is 158 cm³/mol. The second kappa shape index (κ2) is 10.6. The summed E-state index contributed by atoms with van der Waals surface area (Å²) < 4.78 is 5.85. The number of anilines is 2. The fraction of sp³-hybridized carbons (Fsp3) is 0.375. The Morgan fingerprint density at radius 1 is 1.10 bits per heavy atom. The number of carbonyl (C=O) groups excluding carboxylic acids is 1. The Bertz CT molecular complexity index is 1540. The van der Waals surface area contributed by atoms with E-state index in [4.69, 9.17) is 14.7 Å². The molecule has 3 aliphatic rings. The maximum absolute atomic E-state index is 12.3. The third-order valence-corrected chi connectivity index (χ3v) is 8.56. The first-order valence-electron chi connectivity index (χ1n) is 14.6. The van der Waals surface area contributed by atoms with Gasteiger partial charge in [0.15, 0.2) is 12.4 Å². The van der Waals surface area contributed by atoms with Gasteiger partial charge in [0.25, 0.3) is 5.91 Å². The van der Waals surface area contributed by atoms with Crippen molar-refractivity contribution in [1.82, 2.24) is 30.4 Å². The van der Waals surface area contributed by atoms with Gasteiger partial charge in [-0.2, -0.15) is 5.10 Å². The number of H-pyrrole nitrogens is 1. The number of hydrogen-bond donors (Lipinski definition) is 3. The van der Waals surface area contributed by atoms with Gasteiger partial charge in [0, 0.05) is 59.7 Å². The summed E-state index contributed by atoms with van der Waals surface area (Å²) in [7, 11) is 0. The molecule has 0 atom stereocenters. The molecule has 1 aliphatic heterocycles. The van der Waals surface area contributed by atoms with Crippen LogP contribution >= 0.6 is 0 Å². The molecule has 0 bridgehead atoms. The van der Waals surface area contributed by atoms with Crippen LogP contribution in [-0.4, -0.2) is 55.7 Å². The average Bonchev–Trinajstić information content (AvgIpc) is 3.42. The monoisotopic (exact) mass is 549 g/mol. The Morgan fingerprint density at radius 3 is 2.68 bits per heavy atom. The number of aromatic amines is 1. The molecule has 2 aromatic carbocycles. The Hall–Kier alpha value is -4.24. The quantitative estimate of drug-likeness (QED) is 0.262. The summed E-state index contributed by atoms with van der Waals surface area (Å²) in [6, 6.07) is 16.7. The smallest absolute Gasteiger partial charge is 0.258 e. The molecule has 9 nitrogen and oxygen atoms in total. The number of ether oxygens (including phenoxy) is 1. The van der Waals surface area contributed by atoms with Crippen LogP contribution in [0.3, 0.4) is 0 Å². The van der Waals surface area contributed by atoms with Gasteiger partial charge in [0.2, 0.25) is 0 Å². The first kappa shape index (κ1) is 25.7. The Labute approximate surface area is 239 Å². The normalized spacial score (nSPS) is 17.8. The number of nitrogens with zero attached hydrogens (tertiary/aromatic N) is 4. The van der Waals surface area contributed by atoms with Crippen molar-refractivity contribution < 1.29 is 9.53 Å². The lowest BCUT2D eigenvalue weighted by atomic mass is 9.89. The molecule has 2 saturated carbocycles. The summed E-state index contributed by atoms with van der Waals surface area (Å²) in [5.41, 5.74) is 6.18. The molecule has 0 spiro atoms. The minimum atomic E-state index is -0.0956. The number of fused-ring (bicyclic) bond motifs is 1. The first-order valence-corrected chi connectivity index (χ1v) is 14.6. The summed E-state index contributed by atoms with van der Waals surface area (Å²) >= 11 is 0. The van der Waals surface area contributed by atoms with Crippen molar-refractivity contribution in [2.75, 3.05) is 18.5 Å². The third-order valence-electron chi connectivity index (χ3n) is 8.56. The van der Waals surface area contributed by atoms with Crippen molar-refractivity contribution in [2.45, 2.75) is 63.6 Å². The van der Waals surface area contributed by atoms with Crippen molar-refractivity contribution in [3.05, 3.63) is 72.2 Å². The van der Waals surface area contributed by atoms with Crippen LogP contribution in [-0.2, 0) is 17.8 Å². The summed E-state index contributed by atoms with van der Waals surface area (Å²) in [6.07, 6.45) is 10.5. The highest BCUT2D eigenvalue weighted by Crippen LogP contribution is 2.35. The molecule has 1 amide bonds. The zero-order chi connectivity index (χ0) is 27.8. The van der Waals surface area contributed by atoms with E-state index < -0.39 is 0 Å². The van der Waals surface area contributed by atoms with Crippen molar-refractivity contribution in [3.8, 4) is 28.3 Å². The van der Waals surface area contributed by atoms with E-state index >= 15 is 0 Å². The van der Waals surface area contributed by atoms with E-state index in [1.807, 2.05) is 36.7 Å². The zero-order valence-electron chi connectivity index (χ0n) is 23.3. The minimum Gasteiger partial charge on any atom is -0.484 e. The molecule has 4 aromatic rings. The molecule has 3 heterocycles. The third kappa shape index (κ3) is 5.67. The van der Waals surface area contributed by atoms with E-state index in [1.165, 1.54) is 24.8 Å². The van der Waals surface area contributed by atoms with E-state index in [-0.39, 0.29) is 18.1 Å². The van der Waals surface area contributed by atoms with Gasteiger partial charge in [-0.25, -0.2) is 9.97 Å². The van der Waals surface area contributed by atoms with Crippen LogP contribution in [0.4, 0.5) is 11.5 Å². The van der Waals surface area contributed by atoms with Gasteiger partial charge in [-0.3, -0.25) is 14.8 Å².